The van der Waals surface area contributed by atoms with Gasteiger partial charge in [-0.1, -0.05) is 0 Å². The third-order valence-corrected chi connectivity index (χ3v) is 5.12. The van der Waals surface area contributed by atoms with Crippen LogP contribution in [0.25, 0.3) is 0 Å². The van der Waals surface area contributed by atoms with E-state index < -0.39 is 0 Å². The van der Waals surface area contributed by atoms with Crippen molar-refractivity contribution in [2.45, 2.75) is 62.3 Å². The molecule has 1 aromatic rings. The molecule has 2 saturated carbocycles. The van der Waals surface area contributed by atoms with Crippen LogP contribution in [-0.4, -0.2) is 10.5 Å². The van der Waals surface area contributed by atoms with Gasteiger partial charge in [0.15, 0.2) is 0 Å². The maximum absolute atomic E-state index is 6.46. The van der Waals surface area contributed by atoms with Crippen molar-refractivity contribution >= 4 is 0 Å². The molecule has 2 nitrogen and oxygen atoms in total. The van der Waals surface area contributed by atoms with Crippen molar-refractivity contribution in [3.63, 3.8) is 0 Å². The number of hydrogen-bond donors (Lipinski definition) is 2. The smallest absolute Gasteiger partial charge is 0.0284 e. The molecule has 0 radical (unpaired) electrons. The molecule has 4 rings (SSSR count). The Morgan fingerprint density at radius 1 is 1.06 bits per heavy atom. The standard InChI is InChI=1S/C14H20N2/c15-14(7-8-14)13(5-6-13)12-9-10-3-1-2-4-11(10)16-12/h9,16H,1-8,15H2. The quantitative estimate of drug-likeness (QED) is 0.783. The summed E-state index contributed by atoms with van der Waals surface area (Å²) in [5, 5.41) is 0. The van der Waals surface area contributed by atoms with Crippen LogP contribution >= 0.6 is 0 Å². The molecule has 1 aromatic heterocycles. The van der Waals surface area contributed by atoms with Gasteiger partial charge in [-0.05, 0) is 63.0 Å². The molecule has 0 atom stereocenters. The zero-order chi connectivity index (χ0) is 10.8. The zero-order valence-electron chi connectivity index (χ0n) is 9.81. The van der Waals surface area contributed by atoms with Crippen LogP contribution in [0.2, 0.25) is 0 Å². The number of H-pyrrole nitrogens is 1. The first-order valence-corrected chi connectivity index (χ1v) is 6.74. The van der Waals surface area contributed by atoms with Gasteiger partial charge in [0.1, 0.15) is 0 Å². The van der Waals surface area contributed by atoms with Crippen molar-refractivity contribution in [3.8, 4) is 0 Å². The Labute approximate surface area is 96.6 Å². The lowest BCUT2D eigenvalue weighted by Gasteiger charge is -2.21. The Balaban J connectivity index is 1.75. The molecule has 3 aliphatic carbocycles. The third-order valence-electron chi connectivity index (χ3n) is 5.12. The number of hydrogen-bond acceptors (Lipinski definition) is 1. The molecule has 0 unspecified atom stereocenters. The monoisotopic (exact) mass is 216 g/mol. The summed E-state index contributed by atoms with van der Waals surface area (Å²) in [7, 11) is 0. The molecule has 2 heteroatoms. The second-order valence-corrected chi connectivity index (χ2v) is 6.13. The third kappa shape index (κ3) is 1.06. The van der Waals surface area contributed by atoms with E-state index in [9.17, 15) is 0 Å². The van der Waals surface area contributed by atoms with Crippen molar-refractivity contribution in [2.24, 2.45) is 5.73 Å². The van der Waals surface area contributed by atoms with E-state index in [2.05, 4.69) is 11.1 Å². The van der Waals surface area contributed by atoms with Gasteiger partial charge in [-0.15, -0.1) is 0 Å². The average Bonchev–Trinajstić information content (AvgIpc) is 3.18. The minimum absolute atomic E-state index is 0.153. The highest BCUT2D eigenvalue weighted by Crippen LogP contribution is 2.63. The topological polar surface area (TPSA) is 41.8 Å². The maximum atomic E-state index is 6.46. The van der Waals surface area contributed by atoms with Gasteiger partial charge in [0.2, 0.25) is 0 Å². The highest BCUT2D eigenvalue weighted by molar-refractivity contribution is 5.41. The molecule has 1 heterocycles. The molecule has 3 N–H and O–H groups in total. The maximum Gasteiger partial charge on any atom is 0.0284 e. The Bertz CT molecular complexity index is 412. The molecule has 86 valence electrons. The molecule has 0 bridgehead atoms. The molecule has 16 heavy (non-hydrogen) atoms. The van der Waals surface area contributed by atoms with Crippen molar-refractivity contribution in [1.82, 2.24) is 4.98 Å². The van der Waals surface area contributed by atoms with E-state index in [1.54, 1.807) is 5.56 Å². The lowest BCUT2D eigenvalue weighted by molar-refractivity contribution is 0.492. The number of aryl methyl sites for hydroxylation is 2. The van der Waals surface area contributed by atoms with E-state index in [4.69, 9.17) is 5.73 Å². The van der Waals surface area contributed by atoms with Crippen LogP contribution in [-0.2, 0) is 18.3 Å². The minimum Gasteiger partial charge on any atom is -0.362 e. The predicted octanol–water partition coefficient (Wildman–Crippen LogP) is 2.42. The van der Waals surface area contributed by atoms with Crippen molar-refractivity contribution in [3.05, 3.63) is 23.0 Å². The van der Waals surface area contributed by atoms with E-state index in [0.717, 1.165) is 0 Å². The van der Waals surface area contributed by atoms with Crippen LogP contribution in [0.3, 0.4) is 0 Å². The van der Waals surface area contributed by atoms with Gasteiger partial charge in [0, 0.05) is 22.3 Å². The number of aromatic nitrogens is 1. The van der Waals surface area contributed by atoms with Gasteiger partial charge in [-0.2, -0.15) is 0 Å². The highest BCUT2D eigenvalue weighted by atomic mass is 14.9. The lowest BCUT2D eigenvalue weighted by atomic mass is 9.90. The highest BCUT2D eigenvalue weighted by Gasteiger charge is 2.64. The second-order valence-electron chi connectivity index (χ2n) is 6.13. The van der Waals surface area contributed by atoms with Crippen LogP contribution < -0.4 is 5.73 Å². The summed E-state index contributed by atoms with van der Waals surface area (Å²) < 4.78 is 0. The van der Waals surface area contributed by atoms with E-state index in [0.29, 0.717) is 5.41 Å². The fraction of sp³-hybridized carbons (Fsp3) is 0.714. The molecule has 2 fully saturated rings. The molecular formula is C14H20N2. The first-order chi connectivity index (χ1) is 7.74. The van der Waals surface area contributed by atoms with Crippen molar-refractivity contribution < 1.29 is 0 Å². The fourth-order valence-corrected chi connectivity index (χ4v) is 3.64. The summed E-state index contributed by atoms with van der Waals surface area (Å²) in [5.74, 6) is 0. The van der Waals surface area contributed by atoms with Gasteiger partial charge in [0.25, 0.3) is 0 Å². The Hall–Kier alpha value is -0.760. The van der Waals surface area contributed by atoms with Crippen LogP contribution in [0, 0.1) is 0 Å². The SMILES string of the molecule is NC1(C2(c3cc4c([nH]3)CCCC4)CC2)CC1. The summed E-state index contributed by atoms with van der Waals surface area (Å²) >= 11 is 0. The van der Waals surface area contributed by atoms with Gasteiger partial charge in [-0.25, -0.2) is 0 Å². The Morgan fingerprint density at radius 3 is 2.44 bits per heavy atom. The van der Waals surface area contributed by atoms with Crippen LogP contribution in [0.15, 0.2) is 6.07 Å². The van der Waals surface area contributed by atoms with Gasteiger partial charge in [0.05, 0.1) is 0 Å². The van der Waals surface area contributed by atoms with Gasteiger partial charge < -0.3 is 10.7 Å². The molecule has 0 aliphatic heterocycles. The largest absolute Gasteiger partial charge is 0.362 e. The number of nitrogens with two attached hydrogens (primary N) is 1. The number of fused-ring (bicyclic) bond motifs is 1. The number of aromatic amines is 1. The van der Waals surface area contributed by atoms with E-state index in [1.807, 2.05) is 0 Å². The lowest BCUT2D eigenvalue weighted by Crippen LogP contribution is -2.37. The van der Waals surface area contributed by atoms with E-state index >= 15 is 0 Å². The van der Waals surface area contributed by atoms with E-state index in [1.165, 1.54) is 62.8 Å². The fourth-order valence-electron chi connectivity index (χ4n) is 3.64. The minimum atomic E-state index is 0.153. The molecule has 0 spiro atoms. The molecule has 0 aromatic carbocycles. The second kappa shape index (κ2) is 2.73. The van der Waals surface area contributed by atoms with Crippen molar-refractivity contribution in [2.75, 3.05) is 0 Å². The summed E-state index contributed by atoms with van der Waals surface area (Å²) in [6.45, 7) is 0. The van der Waals surface area contributed by atoms with Gasteiger partial charge in [-0.3, -0.25) is 0 Å². The Kier molecular flexibility index (Phi) is 1.58. The molecule has 3 aliphatic rings. The molecular weight excluding hydrogens is 196 g/mol. The van der Waals surface area contributed by atoms with Gasteiger partial charge >= 0.3 is 0 Å². The Morgan fingerprint density at radius 2 is 1.81 bits per heavy atom. The number of rotatable bonds is 2. The molecule has 0 saturated heterocycles. The summed E-state index contributed by atoms with van der Waals surface area (Å²) in [4.78, 5) is 3.70. The summed E-state index contributed by atoms with van der Waals surface area (Å²) in [6, 6.07) is 2.44. The zero-order valence-corrected chi connectivity index (χ0v) is 9.81. The van der Waals surface area contributed by atoms with Crippen LogP contribution in [0.4, 0.5) is 0 Å². The van der Waals surface area contributed by atoms with Crippen LogP contribution in [0.5, 0.6) is 0 Å². The first kappa shape index (κ1) is 9.29. The molecule has 0 amide bonds. The average molecular weight is 216 g/mol. The van der Waals surface area contributed by atoms with E-state index in [-0.39, 0.29) is 5.54 Å². The first-order valence-electron chi connectivity index (χ1n) is 6.74. The van der Waals surface area contributed by atoms with Crippen LogP contribution in [0.1, 0.15) is 55.5 Å². The predicted molar refractivity (Wildman–Crippen MR) is 64.5 cm³/mol. The summed E-state index contributed by atoms with van der Waals surface area (Å²) in [6.07, 6.45) is 10.3. The normalized spacial score (nSPS) is 28.6. The summed E-state index contributed by atoms with van der Waals surface area (Å²) in [5.41, 5.74) is 11.5. The number of nitrogens with one attached hydrogen (secondary N) is 1. The van der Waals surface area contributed by atoms with Crippen molar-refractivity contribution in [1.29, 1.82) is 0 Å².